The number of nitrogens with one attached hydrogen (secondary N) is 1. The number of nitrogen functional groups attached to an aromatic ring is 1. The van der Waals surface area contributed by atoms with E-state index in [0.29, 0.717) is 0 Å². The Hall–Kier alpha value is -1.34. The molecule has 16 heavy (non-hydrogen) atoms. The molecule has 0 saturated heterocycles. The van der Waals surface area contributed by atoms with Crippen molar-refractivity contribution >= 4 is 21.4 Å². The number of rotatable bonds is 5. The lowest BCUT2D eigenvalue weighted by atomic mass is 10.3. The van der Waals surface area contributed by atoms with Crippen LogP contribution in [0.25, 0.3) is 0 Å². The van der Waals surface area contributed by atoms with Crippen molar-refractivity contribution in [2.75, 3.05) is 29.9 Å². The minimum Gasteiger partial charge on any atom is -0.399 e. The summed E-state index contributed by atoms with van der Waals surface area (Å²) in [7, 11) is -2.20. The highest BCUT2D eigenvalue weighted by Gasteiger charge is 2.12. The van der Waals surface area contributed by atoms with Crippen molar-refractivity contribution in [3.8, 4) is 0 Å². The van der Waals surface area contributed by atoms with Gasteiger partial charge in [-0.3, -0.25) is 4.72 Å². The van der Waals surface area contributed by atoms with E-state index >= 15 is 0 Å². The van der Waals surface area contributed by atoms with Gasteiger partial charge in [0.2, 0.25) is 10.0 Å². The smallest absolute Gasteiger partial charge is 0.235 e. The van der Waals surface area contributed by atoms with Crippen molar-refractivity contribution < 1.29 is 17.5 Å². The quantitative estimate of drug-likeness (QED) is 0.755. The maximum Gasteiger partial charge on any atom is 0.235 e. The Morgan fingerprint density at radius 1 is 1.50 bits per heavy atom. The molecule has 0 bridgehead atoms. The van der Waals surface area contributed by atoms with Crippen LogP contribution in [0, 0.1) is 5.82 Å². The van der Waals surface area contributed by atoms with Crippen LogP contribution in [0.2, 0.25) is 0 Å². The fourth-order valence-electron chi connectivity index (χ4n) is 1.03. The largest absolute Gasteiger partial charge is 0.399 e. The van der Waals surface area contributed by atoms with E-state index in [-0.39, 0.29) is 23.7 Å². The van der Waals surface area contributed by atoms with Crippen LogP contribution in [-0.4, -0.2) is 27.9 Å². The Bertz CT molecular complexity index is 462. The van der Waals surface area contributed by atoms with Gasteiger partial charge in [0.1, 0.15) is 5.82 Å². The van der Waals surface area contributed by atoms with E-state index in [1.54, 1.807) is 0 Å². The summed E-state index contributed by atoms with van der Waals surface area (Å²) in [6, 6.07) is 3.74. The average Bonchev–Trinajstić information content (AvgIpc) is 2.19. The van der Waals surface area contributed by atoms with Crippen LogP contribution in [0.1, 0.15) is 0 Å². The molecule has 1 aromatic carbocycles. The summed E-state index contributed by atoms with van der Waals surface area (Å²) in [6.45, 7) is 0.0475. The zero-order chi connectivity index (χ0) is 12.2. The number of hydrogen-bond acceptors (Lipinski definition) is 4. The summed E-state index contributed by atoms with van der Waals surface area (Å²) in [5.74, 6) is -0.936. The second-order valence-electron chi connectivity index (χ2n) is 3.15. The van der Waals surface area contributed by atoms with Gasteiger partial charge in [0.15, 0.2) is 0 Å². The lowest BCUT2D eigenvalue weighted by Crippen LogP contribution is -2.20. The van der Waals surface area contributed by atoms with Gasteiger partial charge in [-0.15, -0.1) is 0 Å². The molecular weight excluding hydrogens is 235 g/mol. The monoisotopic (exact) mass is 248 g/mol. The first-order chi connectivity index (χ1) is 7.44. The van der Waals surface area contributed by atoms with Gasteiger partial charge in [-0.2, -0.15) is 0 Å². The van der Waals surface area contributed by atoms with Crippen LogP contribution in [0.15, 0.2) is 18.2 Å². The molecule has 0 saturated carbocycles. The molecule has 0 aliphatic rings. The van der Waals surface area contributed by atoms with E-state index < -0.39 is 15.8 Å². The SMILES string of the molecule is COCCS(=O)(=O)Nc1ccc(N)cc1F. The lowest BCUT2D eigenvalue weighted by molar-refractivity contribution is 0.217. The second-order valence-corrected chi connectivity index (χ2v) is 4.99. The molecule has 0 spiro atoms. The molecule has 90 valence electrons. The van der Waals surface area contributed by atoms with Crippen LogP contribution in [0.5, 0.6) is 0 Å². The van der Waals surface area contributed by atoms with Crippen LogP contribution in [0.3, 0.4) is 0 Å². The highest BCUT2D eigenvalue weighted by atomic mass is 32.2. The summed E-state index contributed by atoms with van der Waals surface area (Å²) < 4.78 is 42.8. The fraction of sp³-hybridized carbons (Fsp3) is 0.333. The van der Waals surface area contributed by atoms with E-state index in [4.69, 9.17) is 5.73 Å². The van der Waals surface area contributed by atoms with E-state index in [2.05, 4.69) is 9.46 Å². The molecule has 7 heteroatoms. The van der Waals surface area contributed by atoms with Gasteiger partial charge in [0.05, 0.1) is 18.0 Å². The number of ether oxygens (including phenoxy) is 1. The summed E-state index contributed by atoms with van der Waals surface area (Å²) in [5, 5.41) is 0. The number of anilines is 2. The van der Waals surface area contributed by atoms with E-state index in [9.17, 15) is 12.8 Å². The molecule has 0 aliphatic carbocycles. The number of benzene rings is 1. The van der Waals surface area contributed by atoms with Crippen molar-refractivity contribution in [3.63, 3.8) is 0 Å². The molecule has 0 unspecified atom stereocenters. The average molecular weight is 248 g/mol. The van der Waals surface area contributed by atoms with E-state index in [1.807, 2.05) is 0 Å². The van der Waals surface area contributed by atoms with Crippen molar-refractivity contribution in [1.82, 2.24) is 0 Å². The molecule has 0 aliphatic heterocycles. The number of hydrogen-bond donors (Lipinski definition) is 2. The maximum atomic E-state index is 13.3. The molecule has 1 aromatic rings. The Morgan fingerprint density at radius 2 is 2.19 bits per heavy atom. The first-order valence-corrected chi connectivity index (χ1v) is 6.14. The maximum absolute atomic E-state index is 13.3. The van der Waals surface area contributed by atoms with E-state index in [1.165, 1.54) is 19.2 Å². The first-order valence-electron chi connectivity index (χ1n) is 4.49. The van der Waals surface area contributed by atoms with Crippen molar-refractivity contribution in [1.29, 1.82) is 0 Å². The van der Waals surface area contributed by atoms with Crippen LogP contribution >= 0.6 is 0 Å². The zero-order valence-electron chi connectivity index (χ0n) is 8.73. The first kappa shape index (κ1) is 12.7. The third-order valence-corrected chi connectivity index (χ3v) is 3.05. The Morgan fingerprint density at radius 3 is 2.75 bits per heavy atom. The third-order valence-electron chi connectivity index (χ3n) is 1.81. The summed E-state index contributed by atoms with van der Waals surface area (Å²) in [4.78, 5) is 0. The topological polar surface area (TPSA) is 81.4 Å². The minimum atomic E-state index is -3.59. The standard InChI is InChI=1S/C9H13FN2O3S/c1-15-4-5-16(13,14)12-9-3-2-7(11)6-8(9)10/h2-3,6,12H,4-5,11H2,1H3. The zero-order valence-corrected chi connectivity index (χ0v) is 9.55. The fourth-order valence-corrected chi connectivity index (χ4v) is 2.01. The Balaban J connectivity index is 2.80. The number of sulfonamides is 1. The van der Waals surface area contributed by atoms with Gasteiger partial charge in [0.25, 0.3) is 0 Å². The Labute approximate surface area is 93.5 Å². The number of halogens is 1. The number of nitrogens with two attached hydrogens (primary N) is 1. The summed E-state index contributed by atoms with van der Waals surface area (Å²) in [6.07, 6.45) is 0. The van der Waals surface area contributed by atoms with E-state index in [0.717, 1.165) is 6.07 Å². The number of methoxy groups -OCH3 is 1. The van der Waals surface area contributed by atoms with Crippen LogP contribution in [-0.2, 0) is 14.8 Å². The second kappa shape index (κ2) is 5.13. The van der Waals surface area contributed by atoms with Crippen molar-refractivity contribution in [2.24, 2.45) is 0 Å². The van der Waals surface area contributed by atoms with Gasteiger partial charge in [-0.25, -0.2) is 12.8 Å². The van der Waals surface area contributed by atoms with Crippen LogP contribution in [0.4, 0.5) is 15.8 Å². The predicted octanol–water partition coefficient (Wildman–Crippen LogP) is 0.796. The lowest BCUT2D eigenvalue weighted by Gasteiger charge is -2.08. The van der Waals surface area contributed by atoms with Crippen LogP contribution < -0.4 is 10.5 Å². The molecule has 0 fully saturated rings. The third kappa shape index (κ3) is 3.67. The minimum absolute atomic E-state index is 0.0475. The molecule has 0 heterocycles. The molecule has 0 radical (unpaired) electrons. The Kier molecular flexibility index (Phi) is 4.08. The highest BCUT2D eigenvalue weighted by Crippen LogP contribution is 2.18. The molecular formula is C9H13FN2O3S. The summed E-state index contributed by atoms with van der Waals surface area (Å²) in [5.41, 5.74) is 5.45. The molecule has 3 N–H and O–H groups in total. The predicted molar refractivity (Wildman–Crippen MR) is 60.1 cm³/mol. The molecule has 0 atom stereocenters. The van der Waals surface area contributed by atoms with Gasteiger partial charge in [-0.1, -0.05) is 0 Å². The molecule has 0 aromatic heterocycles. The van der Waals surface area contributed by atoms with Gasteiger partial charge < -0.3 is 10.5 Å². The van der Waals surface area contributed by atoms with Gasteiger partial charge in [0, 0.05) is 12.8 Å². The summed E-state index contributed by atoms with van der Waals surface area (Å²) >= 11 is 0. The normalized spacial score (nSPS) is 11.4. The van der Waals surface area contributed by atoms with Crippen molar-refractivity contribution in [3.05, 3.63) is 24.0 Å². The van der Waals surface area contributed by atoms with Gasteiger partial charge >= 0.3 is 0 Å². The molecule has 1 rings (SSSR count). The highest BCUT2D eigenvalue weighted by molar-refractivity contribution is 7.92. The van der Waals surface area contributed by atoms with Crippen molar-refractivity contribution in [2.45, 2.75) is 0 Å². The molecule has 5 nitrogen and oxygen atoms in total. The molecule has 0 amide bonds. The van der Waals surface area contributed by atoms with Gasteiger partial charge in [-0.05, 0) is 18.2 Å².